The second-order valence-corrected chi connectivity index (χ2v) is 13.1. The van der Waals surface area contributed by atoms with E-state index in [1.165, 1.54) is 0 Å². The van der Waals surface area contributed by atoms with E-state index in [9.17, 15) is 45.3 Å². The lowest BCUT2D eigenvalue weighted by Crippen LogP contribution is -2.63. The van der Waals surface area contributed by atoms with Crippen LogP contribution in [0.25, 0.3) is 0 Å². The van der Waals surface area contributed by atoms with Crippen LogP contribution in [0.1, 0.15) is 65.2 Å². The van der Waals surface area contributed by atoms with Crippen LogP contribution in [0.5, 0.6) is 0 Å². The van der Waals surface area contributed by atoms with E-state index in [1.54, 1.807) is 0 Å². The normalized spacial score (nSPS) is 54.5. The monoisotopic (exact) mass is 542 g/mol. The van der Waals surface area contributed by atoms with Gasteiger partial charge >= 0.3 is 5.97 Å². The van der Waals surface area contributed by atoms with Crippen LogP contribution in [0, 0.1) is 34.5 Å². The van der Waals surface area contributed by atoms with Crippen molar-refractivity contribution in [2.75, 3.05) is 6.61 Å². The summed E-state index contributed by atoms with van der Waals surface area (Å²) in [5, 5.41) is 72.9. The average Bonchev–Trinajstić information content (AvgIpc) is 3.13. The first-order valence-corrected chi connectivity index (χ1v) is 13.9. The number of aliphatic hydroxyl groups excluding tert-OH is 5. The average molecular weight is 543 g/mol. The third-order valence-corrected chi connectivity index (χ3v) is 11.4. The molecule has 0 unspecified atom stereocenters. The maximum Gasteiger partial charge on any atom is 0.335 e. The summed E-state index contributed by atoms with van der Waals surface area (Å²) in [6, 6.07) is 0. The van der Waals surface area contributed by atoms with Crippen LogP contribution in [0.15, 0.2) is 0 Å². The van der Waals surface area contributed by atoms with Gasteiger partial charge in [0.2, 0.25) is 0 Å². The number of hydrogen-bond acceptors (Lipinski definition) is 10. The smallest absolute Gasteiger partial charge is 0.335 e. The van der Waals surface area contributed by atoms with E-state index in [0.717, 1.165) is 25.7 Å². The Hall–Kier alpha value is -1.18. The molecule has 14 atom stereocenters. The Bertz CT molecular complexity index is 944. The van der Waals surface area contributed by atoms with Crippen LogP contribution in [0.4, 0.5) is 0 Å². The van der Waals surface area contributed by atoms with Gasteiger partial charge in [0, 0.05) is 5.41 Å². The highest BCUT2D eigenvalue weighted by Gasteiger charge is 2.68. The topological polar surface area (TPSA) is 194 Å². The Morgan fingerprint density at radius 3 is 2.34 bits per heavy atom. The maximum atomic E-state index is 13.5. The summed E-state index contributed by atoms with van der Waals surface area (Å²) in [6.07, 6.45) is -4.90. The van der Waals surface area contributed by atoms with Crippen LogP contribution >= 0.6 is 0 Å². The Labute approximate surface area is 221 Å². The molecule has 38 heavy (non-hydrogen) atoms. The van der Waals surface area contributed by atoms with Gasteiger partial charge in [-0.2, -0.15) is 0 Å². The first kappa shape index (κ1) is 28.4. The fourth-order valence-electron chi connectivity index (χ4n) is 9.29. The number of hydrogen-bond donors (Lipinski definition) is 7. The molecule has 0 aromatic heterocycles. The Morgan fingerprint density at radius 2 is 1.66 bits per heavy atom. The minimum absolute atomic E-state index is 0.0133. The molecular formula is C27H42O11. The number of ether oxygens (including phenoxy) is 2. The zero-order valence-corrected chi connectivity index (χ0v) is 22.0. The van der Waals surface area contributed by atoms with Crippen LogP contribution in [0.2, 0.25) is 0 Å². The summed E-state index contributed by atoms with van der Waals surface area (Å²) < 4.78 is 10.5. The zero-order valence-electron chi connectivity index (χ0n) is 22.0. The van der Waals surface area contributed by atoms with Crippen LogP contribution in [-0.2, 0) is 19.1 Å². The predicted octanol–water partition coefficient (Wildman–Crippen LogP) is -0.430. The van der Waals surface area contributed by atoms with Crippen LogP contribution in [0.3, 0.4) is 0 Å². The molecular weight excluding hydrogens is 500 g/mol. The molecule has 216 valence electrons. The number of Topliss-reactive ketones (excluding diaryl/α,β-unsaturated/α-hetero) is 1. The van der Waals surface area contributed by atoms with E-state index in [0.29, 0.717) is 18.8 Å². The molecule has 1 aliphatic heterocycles. The van der Waals surface area contributed by atoms with Gasteiger partial charge in [-0.1, -0.05) is 13.8 Å². The Morgan fingerprint density at radius 1 is 0.947 bits per heavy atom. The SMILES string of the molecule is C[C@]12CC[C@@H](O)C[C@@H]1CC[C@@H]1[C@@H]2[C@H](O)C[C@@]2(C)[C@H]1CC[C@]2(O)C(=O)CO[C@H]1O[C@@H](C(=O)O)[C@@H](O)[C@@H](O)[C@H]1O. The van der Waals surface area contributed by atoms with Gasteiger partial charge in [0.25, 0.3) is 0 Å². The van der Waals surface area contributed by atoms with Gasteiger partial charge in [0.1, 0.15) is 30.5 Å². The van der Waals surface area contributed by atoms with E-state index >= 15 is 0 Å². The van der Waals surface area contributed by atoms with Crippen molar-refractivity contribution in [1.82, 2.24) is 0 Å². The molecule has 4 saturated carbocycles. The van der Waals surface area contributed by atoms with Gasteiger partial charge in [-0.15, -0.1) is 0 Å². The van der Waals surface area contributed by atoms with E-state index in [-0.39, 0.29) is 42.1 Å². The molecule has 5 fully saturated rings. The van der Waals surface area contributed by atoms with Gasteiger partial charge in [-0.3, -0.25) is 4.79 Å². The molecule has 5 rings (SSSR count). The molecule has 1 heterocycles. The second kappa shape index (κ2) is 9.73. The van der Waals surface area contributed by atoms with E-state index < -0.39 is 66.2 Å². The first-order valence-electron chi connectivity index (χ1n) is 13.9. The van der Waals surface area contributed by atoms with Crippen LogP contribution < -0.4 is 0 Å². The fourth-order valence-corrected chi connectivity index (χ4v) is 9.29. The number of carboxylic acid groups (broad SMARTS) is 1. The molecule has 5 aliphatic rings. The molecule has 0 amide bonds. The number of aliphatic carboxylic acids is 1. The zero-order chi connectivity index (χ0) is 27.8. The largest absolute Gasteiger partial charge is 0.479 e. The van der Waals surface area contributed by atoms with E-state index in [4.69, 9.17) is 9.47 Å². The summed E-state index contributed by atoms with van der Waals surface area (Å²) in [6.45, 7) is 3.39. The van der Waals surface area contributed by atoms with Gasteiger partial charge in [0.05, 0.1) is 12.2 Å². The molecule has 7 N–H and O–H groups in total. The van der Waals surface area contributed by atoms with Crippen molar-refractivity contribution in [2.24, 2.45) is 34.5 Å². The minimum Gasteiger partial charge on any atom is -0.479 e. The van der Waals surface area contributed by atoms with Crippen molar-refractivity contribution in [3.8, 4) is 0 Å². The molecule has 4 aliphatic carbocycles. The number of aliphatic hydroxyl groups is 6. The van der Waals surface area contributed by atoms with E-state index in [2.05, 4.69) is 6.92 Å². The number of ketones is 1. The summed E-state index contributed by atoms with van der Waals surface area (Å²) in [4.78, 5) is 24.8. The number of carbonyl (C=O) groups excluding carboxylic acids is 1. The third kappa shape index (κ3) is 4.08. The fraction of sp³-hybridized carbons (Fsp3) is 0.926. The lowest BCUT2D eigenvalue weighted by molar-refractivity contribution is -0.293. The Balaban J connectivity index is 1.32. The molecule has 0 radical (unpaired) electrons. The number of rotatable bonds is 5. The highest BCUT2D eigenvalue weighted by atomic mass is 16.7. The van der Waals surface area contributed by atoms with Crippen molar-refractivity contribution in [1.29, 1.82) is 0 Å². The van der Waals surface area contributed by atoms with Gasteiger partial charge in [-0.25, -0.2) is 4.79 Å². The molecule has 0 spiro atoms. The molecule has 0 aromatic carbocycles. The van der Waals surface area contributed by atoms with E-state index in [1.807, 2.05) is 6.92 Å². The molecule has 11 nitrogen and oxygen atoms in total. The van der Waals surface area contributed by atoms with Crippen molar-refractivity contribution >= 4 is 11.8 Å². The highest BCUT2D eigenvalue weighted by molar-refractivity contribution is 5.89. The maximum absolute atomic E-state index is 13.5. The van der Waals surface area contributed by atoms with Gasteiger partial charge in [0.15, 0.2) is 18.2 Å². The molecule has 11 heteroatoms. The second-order valence-electron chi connectivity index (χ2n) is 13.1. The Kier molecular flexibility index (Phi) is 7.26. The number of carboxylic acids is 1. The van der Waals surface area contributed by atoms with Gasteiger partial charge < -0.3 is 45.2 Å². The van der Waals surface area contributed by atoms with Crippen molar-refractivity contribution in [3.05, 3.63) is 0 Å². The quantitative estimate of drug-likeness (QED) is 0.238. The van der Waals surface area contributed by atoms with Crippen molar-refractivity contribution in [2.45, 2.75) is 114 Å². The first-order chi connectivity index (χ1) is 17.7. The summed E-state index contributed by atoms with van der Waals surface area (Å²) in [5.41, 5.74) is -2.80. The standard InChI is InChI=1S/C27H42O11/c1-25-7-5-13(28)9-12(25)3-4-14-15-6-8-27(36,26(15,2)10-16(29)18(14)25)17(30)11-37-24-21(33)19(31)20(32)22(38-24)23(34)35/h12-16,18-22,24,28-29,31-33,36H,3-11H2,1-2H3,(H,34,35)/t12-,13+,14-,15-,16+,18+,19+,20-,21+,22+,24-,25-,26-,27-/m0/s1. The lowest BCUT2D eigenvalue weighted by atomic mass is 9.43. The summed E-state index contributed by atoms with van der Waals surface area (Å²) in [7, 11) is 0. The predicted molar refractivity (Wildman–Crippen MR) is 129 cm³/mol. The number of carbonyl (C=O) groups is 2. The summed E-state index contributed by atoms with van der Waals surface area (Å²) in [5.74, 6) is -1.69. The summed E-state index contributed by atoms with van der Waals surface area (Å²) >= 11 is 0. The number of fused-ring (bicyclic) bond motifs is 5. The third-order valence-electron chi connectivity index (χ3n) is 11.4. The lowest BCUT2D eigenvalue weighted by Gasteiger charge is -2.62. The van der Waals surface area contributed by atoms with Crippen LogP contribution in [-0.4, -0.2) is 103 Å². The van der Waals surface area contributed by atoms with Crippen molar-refractivity contribution in [3.63, 3.8) is 0 Å². The highest BCUT2D eigenvalue weighted by Crippen LogP contribution is 2.68. The van der Waals surface area contributed by atoms with Crippen molar-refractivity contribution < 1.29 is 54.8 Å². The molecule has 0 bridgehead atoms. The molecule has 0 aromatic rings. The molecule has 1 saturated heterocycles. The minimum atomic E-state index is -1.88. The van der Waals surface area contributed by atoms with Gasteiger partial charge in [-0.05, 0) is 80.5 Å².